The van der Waals surface area contributed by atoms with E-state index in [1.165, 1.54) is 10.5 Å². The molecule has 48 heavy (non-hydrogen) atoms. The van der Waals surface area contributed by atoms with Gasteiger partial charge >= 0.3 is 12.2 Å². The van der Waals surface area contributed by atoms with Gasteiger partial charge in [-0.15, -0.1) is 0 Å². The Kier molecular flexibility index (Phi) is 7.08. The fraction of sp³-hybridized carbons (Fsp3) is 0.459. The Morgan fingerprint density at radius 3 is 2.40 bits per heavy atom. The zero-order chi connectivity index (χ0) is 33.5. The number of likely N-dealkylation sites (tertiary alicyclic amines) is 2. The maximum atomic E-state index is 13.1. The lowest BCUT2D eigenvalue weighted by Crippen LogP contribution is -2.40. The average Bonchev–Trinajstić information content (AvgIpc) is 3.84. The van der Waals surface area contributed by atoms with Crippen LogP contribution in [0.5, 0.6) is 5.75 Å². The van der Waals surface area contributed by atoms with Crippen LogP contribution in [0.1, 0.15) is 101 Å². The molecule has 8 rings (SSSR count). The number of hydrogen-bond acceptors (Lipinski definition) is 6. The van der Waals surface area contributed by atoms with Gasteiger partial charge in [-0.1, -0.05) is 12.1 Å². The molecule has 4 atom stereocenters. The lowest BCUT2D eigenvalue weighted by Gasteiger charge is -2.30. The van der Waals surface area contributed by atoms with E-state index in [4.69, 9.17) is 19.4 Å². The number of carbonyl (C=O) groups excluding carboxylic acids is 1. The topological polar surface area (TPSA) is 137 Å². The van der Waals surface area contributed by atoms with E-state index in [1.54, 1.807) is 0 Å². The molecule has 0 spiro atoms. The quantitative estimate of drug-likeness (QED) is 0.206. The molecule has 0 unspecified atom stereocenters. The molecule has 3 aliphatic heterocycles. The van der Waals surface area contributed by atoms with Crippen molar-refractivity contribution in [3.05, 3.63) is 65.0 Å². The number of aryl methyl sites for hydroxylation is 2. The Hall–Kier alpha value is -4.80. The molecule has 0 radical (unpaired) electrons. The summed E-state index contributed by atoms with van der Waals surface area (Å²) in [6.07, 6.45) is 5.61. The molecule has 0 saturated carbocycles. The molecule has 11 heteroatoms. The van der Waals surface area contributed by atoms with Gasteiger partial charge in [0.15, 0.2) is 0 Å². The van der Waals surface area contributed by atoms with Crippen molar-refractivity contribution in [1.82, 2.24) is 29.7 Å². The normalized spacial score (nSPS) is 22.9. The van der Waals surface area contributed by atoms with Crippen LogP contribution >= 0.6 is 0 Å². The van der Waals surface area contributed by atoms with E-state index < -0.39 is 11.7 Å². The second-order valence-corrected chi connectivity index (χ2v) is 14.8. The highest BCUT2D eigenvalue weighted by Crippen LogP contribution is 2.46. The number of carboxylic acid groups (broad SMARTS) is 1. The van der Waals surface area contributed by atoms with E-state index in [-0.39, 0.29) is 30.3 Å². The molecule has 2 fully saturated rings. The number of aromatic amines is 2. The molecule has 2 amide bonds. The van der Waals surface area contributed by atoms with E-state index in [9.17, 15) is 14.7 Å². The summed E-state index contributed by atoms with van der Waals surface area (Å²) >= 11 is 0. The number of imidazole rings is 2. The van der Waals surface area contributed by atoms with Crippen molar-refractivity contribution in [3.63, 3.8) is 0 Å². The predicted octanol–water partition coefficient (Wildman–Crippen LogP) is 7.79. The number of carbonyl (C=O) groups is 2. The summed E-state index contributed by atoms with van der Waals surface area (Å²) in [5.74, 6) is 2.34. The highest BCUT2D eigenvalue weighted by molar-refractivity contribution is 5.83. The van der Waals surface area contributed by atoms with E-state index in [0.29, 0.717) is 6.61 Å². The smallest absolute Gasteiger partial charge is 0.411 e. The Labute approximate surface area is 279 Å². The van der Waals surface area contributed by atoms with Crippen molar-refractivity contribution in [2.75, 3.05) is 0 Å². The Morgan fingerprint density at radius 1 is 0.896 bits per heavy atom. The number of H-pyrrole nitrogens is 2. The summed E-state index contributed by atoms with van der Waals surface area (Å²) in [6, 6.07) is 10.4. The van der Waals surface area contributed by atoms with Gasteiger partial charge in [-0.25, -0.2) is 19.6 Å². The summed E-state index contributed by atoms with van der Waals surface area (Å²) in [6.45, 7) is 10.1. The number of amides is 2. The van der Waals surface area contributed by atoms with Gasteiger partial charge in [0.2, 0.25) is 0 Å². The molecule has 4 aliphatic rings. The van der Waals surface area contributed by atoms with E-state index in [1.807, 2.05) is 38.8 Å². The van der Waals surface area contributed by atoms with Gasteiger partial charge < -0.3 is 24.5 Å². The van der Waals surface area contributed by atoms with Gasteiger partial charge in [-0.05, 0) is 114 Å². The summed E-state index contributed by atoms with van der Waals surface area (Å²) < 4.78 is 12.1. The van der Waals surface area contributed by atoms with E-state index in [2.05, 4.69) is 47.2 Å². The van der Waals surface area contributed by atoms with Crippen molar-refractivity contribution in [1.29, 1.82) is 0 Å². The molecule has 2 aromatic carbocycles. The van der Waals surface area contributed by atoms with Crippen LogP contribution in [0.15, 0.2) is 36.5 Å². The molecule has 3 N–H and O–H groups in total. The number of aromatic nitrogens is 4. The maximum absolute atomic E-state index is 13.1. The number of fused-ring (bicyclic) bond motifs is 6. The summed E-state index contributed by atoms with van der Waals surface area (Å²) in [5, 5.41) is 9.83. The molecule has 1 aliphatic carbocycles. The fourth-order valence-corrected chi connectivity index (χ4v) is 8.04. The number of benzene rings is 2. The zero-order valence-electron chi connectivity index (χ0n) is 28.1. The molecule has 11 nitrogen and oxygen atoms in total. The van der Waals surface area contributed by atoms with Gasteiger partial charge in [-0.2, -0.15) is 0 Å². The van der Waals surface area contributed by atoms with Crippen LogP contribution in [0.2, 0.25) is 0 Å². The van der Waals surface area contributed by atoms with Crippen LogP contribution in [0.3, 0.4) is 0 Å². The monoisotopic (exact) mass is 650 g/mol. The lowest BCUT2D eigenvalue weighted by molar-refractivity contribution is 0.0151. The maximum Gasteiger partial charge on any atom is 0.411 e. The minimum absolute atomic E-state index is 0.0242. The zero-order valence-corrected chi connectivity index (χ0v) is 28.1. The van der Waals surface area contributed by atoms with Crippen molar-refractivity contribution in [2.24, 2.45) is 0 Å². The van der Waals surface area contributed by atoms with E-state index >= 15 is 0 Å². The standard InChI is InChI=1S/C37H42N6O5/c1-19-6-13-30(42(19)35(44)45)34-39-27-11-9-21-15-26-24-10-8-22(14-23(24)18-47-31(26)16-25(21)32(27)41-34)28-17-38-33(40-28)29-12-7-20(2)43(29)36(46)48-37(3,4)5/h8,10,14-17,19-20,29-30H,6-7,9,11-13,18H2,1-5H3,(H,38,40)(H,39,41)(H,44,45)/t19-,20-,29-,30-/m0/s1. The first-order valence-corrected chi connectivity index (χ1v) is 17.0. The Bertz CT molecular complexity index is 1940. The van der Waals surface area contributed by atoms with Crippen LogP contribution < -0.4 is 4.74 Å². The largest absolute Gasteiger partial charge is 0.488 e. The molecule has 4 aromatic rings. The van der Waals surface area contributed by atoms with Gasteiger partial charge in [0.1, 0.15) is 29.6 Å². The Morgan fingerprint density at radius 2 is 1.65 bits per heavy atom. The number of hydrogen-bond donors (Lipinski definition) is 3. The highest BCUT2D eigenvalue weighted by atomic mass is 16.6. The molecular weight excluding hydrogens is 608 g/mol. The lowest BCUT2D eigenvalue weighted by atomic mass is 9.86. The average molecular weight is 651 g/mol. The fourth-order valence-electron chi connectivity index (χ4n) is 8.04. The molecule has 250 valence electrons. The van der Waals surface area contributed by atoms with Gasteiger partial charge in [0.05, 0.1) is 35.4 Å². The predicted molar refractivity (Wildman–Crippen MR) is 180 cm³/mol. The minimum atomic E-state index is -0.898. The van der Waals surface area contributed by atoms with Crippen LogP contribution in [0, 0.1) is 0 Å². The highest BCUT2D eigenvalue weighted by Gasteiger charge is 2.40. The van der Waals surface area contributed by atoms with Crippen LogP contribution in [-0.4, -0.2) is 64.7 Å². The van der Waals surface area contributed by atoms with Crippen LogP contribution in [0.4, 0.5) is 9.59 Å². The summed E-state index contributed by atoms with van der Waals surface area (Å²) in [7, 11) is 0. The summed E-state index contributed by atoms with van der Waals surface area (Å²) in [5.41, 5.74) is 8.94. The van der Waals surface area contributed by atoms with Crippen molar-refractivity contribution < 1.29 is 24.2 Å². The molecule has 5 heterocycles. The van der Waals surface area contributed by atoms with E-state index in [0.717, 1.165) is 101 Å². The third-order valence-corrected chi connectivity index (χ3v) is 10.4. The number of rotatable bonds is 3. The summed E-state index contributed by atoms with van der Waals surface area (Å²) in [4.78, 5) is 45.1. The van der Waals surface area contributed by atoms with Crippen molar-refractivity contribution >= 4 is 12.2 Å². The van der Waals surface area contributed by atoms with Crippen LogP contribution in [0.25, 0.3) is 33.6 Å². The first kappa shape index (κ1) is 30.5. The third-order valence-electron chi connectivity index (χ3n) is 10.4. The van der Waals surface area contributed by atoms with Gasteiger partial charge in [0.25, 0.3) is 0 Å². The molecule has 2 saturated heterocycles. The second kappa shape index (κ2) is 11.1. The van der Waals surface area contributed by atoms with Crippen LogP contribution in [-0.2, 0) is 24.2 Å². The number of nitrogens with one attached hydrogen (secondary N) is 2. The Balaban J connectivity index is 1.06. The SMILES string of the molecule is C[C@H]1CC[C@@H](c2nc3c([nH]2)-c2cc4c(cc2CC3)-c2ccc(-c3cnc([C@@H]5CC[C@H](C)N5C(=O)OC(C)(C)C)[nH]3)cc2CO4)N1C(=O)O. The first-order valence-electron chi connectivity index (χ1n) is 17.0. The van der Waals surface area contributed by atoms with Crippen molar-refractivity contribution in [3.8, 4) is 39.4 Å². The van der Waals surface area contributed by atoms with Crippen molar-refractivity contribution in [2.45, 2.75) is 110 Å². The first-order chi connectivity index (χ1) is 22.9. The van der Waals surface area contributed by atoms with Gasteiger partial charge in [-0.3, -0.25) is 9.80 Å². The third kappa shape index (κ3) is 5.11. The number of ether oxygens (including phenoxy) is 2. The van der Waals surface area contributed by atoms with Gasteiger partial charge in [0, 0.05) is 23.2 Å². The molecule has 2 aromatic heterocycles. The molecular formula is C37H42N6O5. The second-order valence-electron chi connectivity index (χ2n) is 14.8. The molecule has 0 bridgehead atoms. The number of nitrogens with zero attached hydrogens (tertiary/aromatic N) is 4. The minimum Gasteiger partial charge on any atom is -0.488 e.